The van der Waals surface area contributed by atoms with E-state index in [9.17, 15) is 4.79 Å². The van der Waals surface area contributed by atoms with Crippen molar-refractivity contribution in [2.45, 2.75) is 64.3 Å². The van der Waals surface area contributed by atoms with Crippen molar-refractivity contribution in [2.24, 2.45) is 5.41 Å². The molecule has 0 aromatic carbocycles. The van der Waals surface area contributed by atoms with Gasteiger partial charge in [-0.05, 0) is 40.0 Å². The summed E-state index contributed by atoms with van der Waals surface area (Å²) in [7, 11) is 3.20. The summed E-state index contributed by atoms with van der Waals surface area (Å²) in [4.78, 5) is 12.6. The molecule has 1 rings (SSSR count). The Kier molecular flexibility index (Phi) is 5.58. The third-order valence-electron chi connectivity index (χ3n) is 3.98. The highest BCUT2D eigenvalue weighted by Gasteiger charge is 2.54. The van der Waals surface area contributed by atoms with Gasteiger partial charge in [-0.3, -0.25) is 4.79 Å². The van der Waals surface area contributed by atoms with Crippen molar-refractivity contribution in [1.29, 1.82) is 0 Å². The Morgan fingerprint density at radius 1 is 1.20 bits per heavy atom. The van der Waals surface area contributed by atoms with E-state index in [-0.39, 0.29) is 12.6 Å². The molecule has 1 aliphatic carbocycles. The third-order valence-corrected chi connectivity index (χ3v) is 3.98. The van der Waals surface area contributed by atoms with Gasteiger partial charge >= 0.3 is 5.97 Å². The molecular formula is C15H28O5. The Balaban J connectivity index is 2.92. The zero-order chi connectivity index (χ0) is 15.4. The smallest absolute Gasteiger partial charge is 0.312 e. The molecule has 20 heavy (non-hydrogen) atoms. The van der Waals surface area contributed by atoms with Crippen LogP contribution in [0.1, 0.15) is 52.9 Å². The van der Waals surface area contributed by atoms with Gasteiger partial charge in [-0.2, -0.15) is 0 Å². The zero-order valence-corrected chi connectivity index (χ0v) is 13.3. The monoisotopic (exact) mass is 288 g/mol. The van der Waals surface area contributed by atoms with E-state index in [0.717, 1.165) is 0 Å². The minimum absolute atomic E-state index is 0.0670. The molecule has 0 spiro atoms. The number of ether oxygens (including phenoxy) is 3. The SMILES string of the molecule is COC1(OC)CCC(CCCO)(C(=O)OC(C)(C)C)C1. The van der Waals surface area contributed by atoms with E-state index < -0.39 is 16.8 Å². The summed E-state index contributed by atoms with van der Waals surface area (Å²) in [5, 5.41) is 9.09. The lowest BCUT2D eigenvalue weighted by atomic mass is 9.81. The van der Waals surface area contributed by atoms with Gasteiger partial charge in [-0.25, -0.2) is 0 Å². The molecule has 0 bridgehead atoms. The second-order valence-corrected chi connectivity index (χ2v) is 6.61. The quantitative estimate of drug-likeness (QED) is 0.600. The van der Waals surface area contributed by atoms with Crippen molar-refractivity contribution in [1.82, 2.24) is 0 Å². The first-order chi connectivity index (χ1) is 9.22. The third kappa shape index (κ3) is 3.93. The van der Waals surface area contributed by atoms with Crippen molar-refractivity contribution >= 4 is 5.97 Å². The van der Waals surface area contributed by atoms with Gasteiger partial charge in [0.1, 0.15) is 5.60 Å². The molecule has 1 unspecified atom stereocenters. The molecule has 0 saturated heterocycles. The predicted molar refractivity (Wildman–Crippen MR) is 75.2 cm³/mol. The van der Waals surface area contributed by atoms with Crippen LogP contribution in [-0.4, -0.2) is 43.3 Å². The van der Waals surface area contributed by atoms with Crippen LogP contribution in [0.2, 0.25) is 0 Å². The van der Waals surface area contributed by atoms with Crippen molar-refractivity contribution in [2.75, 3.05) is 20.8 Å². The maximum atomic E-state index is 12.6. The van der Waals surface area contributed by atoms with Crippen LogP contribution in [0.25, 0.3) is 0 Å². The van der Waals surface area contributed by atoms with Crippen LogP contribution < -0.4 is 0 Å². The van der Waals surface area contributed by atoms with E-state index in [0.29, 0.717) is 32.1 Å². The summed E-state index contributed by atoms with van der Waals surface area (Å²) in [6.07, 6.45) is 2.95. The summed E-state index contributed by atoms with van der Waals surface area (Å²) in [5.41, 5.74) is -1.14. The lowest BCUT2D eigenvalue weighted by molar-refractivity contribution is -0.210. The molecule has 1 fully saturated rings. The van der Waals surface area contributed by atoms with Gasteiger partial charge in [0.15, 0.2) is 5.79 Å². The van der Waals surface area contributed by atoms with Crippen molar-refractivity contribution in [3.63, 3.8) is 0 Å². The predicted octanol–water partition coefficient (Wildman–Crippen LogP) is 2.26. The largest absolute Gasteiger partial charge is 0.460 e. The topological polar surface area (TPSA) is 65.0 Å². The molecule has 1 atom stereocenters. The molecule has 0 aliphatic heterocycles. The van der Waals surface area contributed by atoms with E-state index in [4.69, 9.17) is 19.3 Å². The standard InChI is InChI=1S/C15H28O5/c1-13(2,3)20-12(17)14(7-6-10-16)8-9-15(11-14,18-4)19-5/h16H,6-11H2,1-5H3. The first-order valence-corrected chi connectivity index (χ1v) is 7.17. The lowest BCUT2D eigenvalue weighted by Crippen LogP contribution is -2.39. The number of methoxy groups -OCH3 is 2. The molecule has 1 aliphatic rings. The summed E-state index contributed by atoms with van der Waals surface area (Å²) >= 11 is 0. The molecule has 0 heterocycles. The van der Waals surface area contributed by atoms with Crippen molar-refractivity contribution in [3.8, 4) is 0 Å². The van der Waals surface area contributed by atoms with Crippen LogP contribution in [0.4, 0.5) is 0 Å². The van der Waals surface area contributed by atoms with Crippen LogP contribution in [-0.2, 0) is 19.0 Å². The maximum absolute atomic E-state index is 12.6. The van der Waals surface area contributed by atoms with E-state index in [2.05, 4.69) is 0 Å². The van der Waals surface area contributed by atoms with Crippen LogP contribution in [0, 0.1) is 5.41 Å². The number of esters is 1. The highest BCUT2D eigenvalue weighted by molar-refractivity contribution is 5.77. The molecule has 118 valence electrons. The van der Waals surface area contributed by atoms with Gasteiger partial charge in [0.25, 0.3) is 0 Å². The molecule has 0 amide bonds. The molecular weight excluding hydrogens is 260 g/mol. The van der Waals surface area contributed by atoms with Crippen molar-refractivity contribution in [3.05, 3.63) is 0 Å². The number of rotatable bonds is 6. The molecule has 1 saturated carbocycles. The van der Waals surface area contributed by atoms with Gasteiger partial charge < -0.3 is 19.3 Å². The van der Waals surface area contributed by atoms with Gasteiger partial charge in [-0.15, -0.1) is 0 Å². The number of carbonyl (C=O) groups excluding carboxylic acids is 1. The Bertz CT molecular complexity index is 330. The second kappa shape index (κ2) is 6.41. The highest BCUT2D eigenvalue weighted by atomic mass is 16.7. The van der Waals surface area contributed by atoms with Crippen molar-refractivity contribution < 1.29 is 24.1 Å². The zero-order valence-electron chi connectivity index (χ0n) is 13.3. The Morgan fingerprint density at radius 2 is 1.80 bits per heavy atom. The lowest BCUT2D eigenvalue weighted by Gasteiger charge is -2.33. The second-order valence-electron chi connectivity index (χ2n) is 6.61. The van der Waals surface area contributed by atoms with Crippen LogP contribution in [0.5, 0.6) is 0 Å². The summed E-state index contributed by atoms with van der Waals surface area (Å²) in [6, 6.07) is 0. The minimum Gasteiger partial charge on any atom is -0.460 e. The van der Waals surface area contributed by atoms with E-state index >= 15 is 0 Å². The fraction of sp³-hybridized carbons (Fsp3) is 0.933. The van der Waals surface area contributed by atoms with Gasteiger partial charge in [0, 0.05) is 33.7 Å². The number of hydrogen-bond donors (Lipinski definition) is 1. The van der Waals surface area contributed by atoms with Gasteiger partial charge in [-0.1, -0.05) is 0 Å². The number of hydrogen-bond acceptors (Lipinski definition) is 5. The van der Waals surface area contributed by atoms with Gasteiger partial charge in [0.05, 0.1) is 5.41 Å². The Labute approximate surface area is 121 Å². The Morgan fingerprint density at radius 3 is 2.20 bits per heavy atom. The molecule has 0 radical (unpaired) electrons. The Hall–Kier alpha value is -0.650. The number of aliphatic hydroxyl groups excluding tert-OH is 1. The molecule has 5 nitrogen and oxygen atoms in total. The molecule has 0 aromatic heterocycles. The molecule has 5 heteroatoms. The first kappa shape index (κ1) is 17.4. The van der Waals surface area contributed by atoms with Crippen LogP contribution in [0.3, 0.4) is 0 Å². The average Bonchev–Trinajstić information content (AvgIpc) is 2.76. The summed E-state index contributed by atoms with van der Waals surface area (Å²) < 4.78 is 16.5. The molecule has 0 aromatic rings. The van der Waals surface area contributed by atoms with E-state index in [1.54, 1.807) is 14.2 Å². The number of aliphatic hydroxyl groups is 1. The first-order valence-electron chi connectivity index (χ1n) is 7.17. The van der Waals surface area contributed by atoms with Crippen LogP contribution >= 0.6 is 0 Å². The number of carbonyl (C=O) groups is 1. The van der Waals surface area contributed by atoms with Gasteiger partial charge in [0.2, 0.25) is 0 Å². The maximum Gasteiger partial charge on any atom is 0.312 e. The molecule has 1 N–H and O–H groups in total. The normalized spacial score (nSPS) is 25.7. The average molecular weight is 288 g/mol. The highest BCUT2D eigenvalue weighted by Crippen LogP contribution is 2.50. The van der Waals surface area contributed by atoms with E-state index in [1.807, 2.05) is 20.8 Å². The summed E-state index contributed by atoms with van der Waals surface area (Å²) in [6.45, 7) is 5.65. The summed E-state index contributed by atoms with van der Waals surface area (Å²) in [5.74, 6) is -0.929. The fourth-order valence-corrected chi connectivity index (χ4v) is 2.85. The van der Waals surface area contributed by atoms with E-state index in [1.165, 1.54) is 0 Å². The van der Waals surface area contributed by atoms with Crippen LogP contribution in [0.15, 0.2) is 0 Å². The minimum atomic E-state index is -0.716. The fourth-order valence-electron chi connectivity index (χ4n) is 2.85.